The van der Waals surface area contributed by atoms with Crippen molar-refractivity contribution in [1.82, 2.24) is 14.8 Å². The van der Waals surface area contributed by atoms with Crippen molar-refractivity contribution in [2.24, 2.45) is 7.05 Å². The molecule has 0 unspecified atom stereocenters. The van der Waals surface area contributed by atoms with Crippen molar-refractivity contribution < 1.29 is 0 Å². The van der Waals surface area contributed by atoms with Crippen LogP contribution < -0.4 is 5.56 Å². The summed E-state index contributed by atoms with van der Waals surface area (Å²) in [5.74, 6) is 0.589. The van der Waals surface area contributed by atoms with Gasteiger partial charge < -0.3 is 0 Å². The minimum atomic E-state index is -0.108. The molecule has 0 fully saturated rings. The summed E-state index contributed by atoms with van der Waals surface area (Å²) in [6, 6.07) is 9.53. The second-order valence-corrected chi connectivity index (χ2v) is 3.34. The molecule has 2 aromatic rings. The molecule has 1 aromatic heterocycles. The molecule has 15 heavy (non-hydrogen) atoms. The average molecular weight is 201 g/mol. The van der Waals surface area contributed by atoms with Crippen LogP contribution in [0.1, 0.15) is 5.69 Å². The van der Waals surface area contributed by atoms with Crippen molar-refractivity contribution in [3.8, 4) is 11.4 Å². The first kappa shape index (κ1) is 9.58. The van der Waals surface area contributed by atoms with Gasteiger partial charge in [-0.2, -0.15) is 0 Å². The summed E-state index contributed by atoms with van der Waals surface area (Å²) in [7, 11) is 1.70. The zero-order valence-corrected chi connectivity index (χ0v) is 8.64. The maximum atomic E-state index is 11.6. The Hall–Kier alpha value is -1.97. The van der Waals surface area contributed by atoms with Gasteiger partial charge in [-0.15, -0.1) is 10.2 Å². The number of hydrogen-bond donors (Lipinski definition) is 0. The minimum absolute atomic E-state index is 0.108. The molecule has 0 amide bonds. The van der Waals surface area contributed by atoms with Crippen LogP contribution in [-0.2, 0) is 7.05 Å². The molecule has 1 aromatic carbocycles. The van der Waals surface area contributed by atoms with Crippen molar-refractivity contribution in [3.05, 3.63) is 46.4 Å². The average Bonchev–Trinajstić information content (AvgIpc) is 2.27. The van der Waals surface area contributed by atoms with Crippen molar-refractivity contribution in [3.63, 3.8) is 0 Å². The fourth-order valence-corrected chi connectivity index (χ4v) is 1.41. The van der Waals surface area contributed by atoms with Crippen molar-refractivity contribution >= 4 is 0 Å². The van der Waals surface area contributed by atoms with Gasteiger partial charge in [0.25, 0.3) is 5.56 Å². The lowest BCUT2D eigenvalue weighted by molar-refractivity contribution is 0.766. The molecule has 0 spiro atoms. The van der Waals surface area contributed by atoms with Gasteiger partial charge in [0.15, 0.2) is 5.82 Å². The highest BCUT2D eigenvalue weighted by molar-refractivity contribution is 5.54. The maximum Gasteiger partial charge on any atom is 0.275 e. The molecule has 4 heteroatoms. The maximum absolute atomic E-state index is 11.6. The van der Waals surface area contributed by atoms with Crippen LogP contribution in [-0.4, -0.2) is 14.8 Å². The molecule has 0 N–H and O–H groups in total. The molecule has 0 atom stereocenters. The minimum Gasteiger partial charge on any atom is -0.293 e. The predicted octanol–water partition coefficient (Wildman–Crippen LogP) is 1.15. The molecule has 0 saturated carbocycles. The number of hydrogen-bond acceptors (Lipinski definition) is 3. The zero-order chi connectivity index (χ0) is 10.8. The number of nitrogens with zero attached hydrogens (tertiary/aromatic N) is 3. The van der Waals surface area contributed by atoms with Gasteiger partial charge in [0.05, 0.1) is 0 Å². The summed E-state index contributed by atoms with van der Waals surface area (Å²) >= 11 is 0. The first-order chi connectivity index (χ1) is 7.20. The third-order valence-corrected chi connectivity index (χ3v) is 2.26. The quantitative estimate of drug-likeness (QED) is 0.695. The molecule has 0 aliphatic rings. The molecule has 0 bridgehead atoms. The summed E-state index contributed by atoms with van der Waals surface area (Å²) in [5, 5.41) is 7.85. The normalized spacial score (nSPS) is 10.3. The summed E-state index contributed by atoms with van der Waals surface area (Å²) < 4.78 is 1.51. The van der Waals surface area contributed by atoms with Crippen molar-refractivity contribution in [1.29, 1.82) is 0 Å². The van der Waals surface area contributed by atoms with Gasteiger partial charge in [0, 0.05) is 12.6 Å². The standard InChI is InChI=1S/C11H11N3O/c1-8-11(15)14(2)10(13-12-8)9-6-4-3-5-7-9/h3-7H,1-2H3. The number of benzene rings is 1. The summed E-state index contributed by atoms with van der Waals surface area (Å²) in [4.78, 5) is 11.6. The third kappa shape index (κ3) is 1.66. The van der Waals surface area contributed by atoms with E-state index in [1.165, 1.54) is 4.57 Å². The summed E-state index contributed by atoms with van der Waals surface area (Å²) in [5.41, 5.74) is 1.20. The zero-order valence-electron chi connectivity index (χ0n) is 8.64. The summed E-state index contributed by atoms with van der Waals surface area (Å²) in [6.07, 6.45) is 0. The fourth-order valence-electron chi connectivity index (χ4n) is 1.41. The SMILES string of the molecule is Cc1nnc(-c2ccccc2)n(C)c1=O. The van der Waals surface area contributed by atoms with Gasteiger partial charge in [-0.25, -0.2) is 0 Å². The van der Waals surface area contributed by atoms with E-state index in [0.29, 0.717) is 11.5 Å². The number of rotatable bonds is 1. The van der Waals surface area contributed by atoms with Gasteiger partial charge in [0.2, 0.25) is 0 Å². The molecule has 1 heterocycles. The molecule has 0 radical (unpaired) electrons. The van der Waals surface area contributed by atoms with E-state index in [4.69, 9.17) is 0 Å². The predicted molar refractivity (Wildman–Crippen MR) is 57.4 cm³/mol. The Labute approximate surface area is 87.2 Å². The Kier molecular flexibility index (Phi) is 2.33. The lowest BCUT2D eigenvalue weighted by Gasteiger charge is -2.05. The van der Waals surface area contributed by atoms with Crippen LogP contribution in [0.3, 0.4) is 0 Å². The molecule has 76 valence electrons. The highest BCUT2D eigenvalue weighted by atomic mass is 16.1. The van der Waals surface area contributed by atoms with Crippen LogP contribution in [0, 0.1) is 6.92 Å². The monoisotopic (exact) mass is 201 g/mol. The second-order valence-electron chi connectivity index (χ2n) is 3.34. The first-order valence-electron chi connectivity index (χ1n) is 4.66. The smallest absolute Gasteiger partial charge is 0.275 e. The Morgan fingerprint density at radius 1 is 1.13 bits per heavy atom. The topological polar surface area (TPSA) is 47.8 Å². The molecule has 2 rings (SSSR count). The van der Waals surface area contributed by atoms with Gasteiger partial charge in [-0.1, -0.05) is 30.3 Å². The van der Waals surface area contributed by atoms with Gasteiger partial charge in [-0.05, 0) is 6.92 Å². The van der Waals surface area contributed by atoms with Crippen molar-refractivity contribution in [2.75, 3.05) is 0 Å². The molecular weight excluding hydrogens is 190 g/mol. The van der Waals surface area contributed by atoms with E-state index in [2.05, 4.69) is 10.2 Å². The molecule has 4 nitrogen and oxygen atoms in total. The fraction of sp³-hybridized carbons (Fsp3) is 0.182. The Morgan fingerprint density at radius 3 is 2.47 bits per heavy atom. The molecule has 0 aliphatic heterocycles. The molecule has 0 aliphatic carbocycles. The van der Waals surface area contributed by atoms with Gasteiger partial charge in [-0.3, -0.25) is 9.36 Å². The molecule has 0 saturated heterocycles. The number of aryl methyl sites for hydroxylation is 1. The number of aromatic nitrogens is 3. The summed E-state index contributed by atoms with van der Waals surface area (Å²) in [6.45, 7) is 1.66. The lowest BCUT2D eigenvalue weighted by Crippen LogP contribution is -2.23. The van der Waals surface area contributed by atoms with Crippen LogP contribution in [0.5, 0.6) is 0 Å². The third-order valence-electron chi connectivity index (χ3n) is 2.26. The van der Waals surface area contributed by atoms with E-state index >= 15 is 0 Å². The van der Waals surface area contributed by atoms with E-state index in [1.54, 1.807) is 14.0 Å². The van der Waals surface area contributed by atoms with E-state index in [1.807, 2.05) is 30.3 Å². The highest BCUT2D eigenvalue weighted by Gasteiger charge is 2.06. The van der Waals surface area contributed by atoms with Crippen LogP contribution in [0.25, 0.3) is 11.4 Å². The van der Waals surface area contributed by atoms with E-state index in [9.17, 15) is 4.79 Å². The highest BCUT2D eigenvalue weighted by Crippen LogP contribution is 2.12. The Balaban J connectivity index is 2.66. The largest absolute Gasteiger partial charge is 0.293 e. The Bertz CT molecular complexity index is 531. The lowest BCUT2D eigenvalue weighted by atomic mass is 10.2. The first-order valence-corrected chi connectivity index (χ1v) is 4.66. The van der Waals surface area contributed by atoms with Crippen LogP contribution in [0.15, 0.2) is 35.1 Å². The molecular formula is C11H11N3O. The van der Waals surface area contributed by atoms with Gasteiger partial charge >= 0.3 is 0 Å². The van der Waals surface area contributed by atoms with Crippen molar-refractivity contribution in [2.45, 2.75) is 6.92 Å². The van der Waals surface area contributed by atoms with Crippen LogP contribution in [0.2, 0.25) is 0 Å². The van der Waals surface area contributed by atoms with E-state index in [-0.39, 0.29) is 5.56 Å². The second kappa shape index (κ2) is 3.65. The van der Waals surface area contributed by atoms with E-state index < -0.39 is 0 Å². The Morgan fingerprint density at radius 2 is 1.80 bits per heavy atom. The van der Waals surface area contributed by atoms with Crippen LogP contribution in [0.4, 0.5) is 0 Å². The van der Waals surface area contributed by atoms with Crippen LogP contribution >= 0.6 is 0 Å². The van der Waals surface area contributed by atoms with Gasteiger partial charge in [0.1, 0.15) is 5.69 Å². The van der Waals surface area contributed by atoms with E-state index in [0.717, 1.165) is 5.56 Å².